The number of halogens is 1. The van der Waals surface area contributed by atoms with Gasteiger partial charge in [-0.2, -0.15) is 0 Å². The van der Waals surface area contributed by atoms with Crippen LogP contribution in [0.1, 0.15) is 28.3 Å². The van der Waals surface area contributed by atoms with Gasteiger partial charge in [-0.1, -0.05) is 24.3 Å². The molecule has 19 heavy (non-hydrogen) atoms. The van der Waals surface area contributed by atoms with Gasteiger partial charge in [0.25, 0.3) is 0 Å². The highest BCUT2D eigenvalue weighted by molar-refractivity contribution is 14.1. The van der Waals surface area contributed by atoms with Gasteiger partial charge in [0.15, 0.2) is 0 Å². The maximum Gasteiger partial charge on any atom is 0.122 e. The van der Waals surface area contributed by atoms with E-state index in [2.05, 4.69) is 53.8 Å². The van der Waals surface area contributed by atoms with Crippen LogP contribution in [0.4, 0.5) is 0 Å². The van der Waals surface area contributed by atoms with Crippen molar-refractivity contribution in [3.63, 3.8) is 0 Å². The molecule has 1 unspecified atom stereocenters. The Kier molecular flexibility index (Phi) is 4.47. The first-order valence-electron chi connectivity index (χ1n) is 6.19. The molecule has 100 valence electrons. The van der Waals surface area contributed by atoms with E-state index in [0.29, 0.717) is 0 Å². The Hall–Kier alpha value is -1.07. The second-order valence-corrected chi connectivity index (χ2v) is 5.84. The number of hydrogen-bond acceptors (Lipinski definition) is 2. The van der Waals surface area contributed by atoms with Gasteiger partial charge in [0.2, 0.25) is 0 Å². The molecule has 0 aliphatic rings. The standard InChI is InChI=1S/C16H18INO/c1-10-9-15(19-3)11(2)8-13(10)16(18)12-6-4-5-7-14(12)17/h4-9,16H,18H2,1-3H3. The van der Waals surface area contributed by atoms with Gasteiger partial charge in [-0.15, -0.1) is 0 Å². The smallest absolute Gasteiger partial charge is 0.122 e. The minimum atomic E-state index is -0.0993. The average Bonchev–Trinajstić information content (AvgIpc) is 2.40. The Labute approximate surface area is 128 Å². The topological polar surface area (TPSA) is 35.2 Å². The van der Waals surface area contributed by atoms with Gasteiger partial charge < -0.3 is 10.5 Å². The van der Waals surface area contributed by atoms with Gasteiger partial charge in [0, 0.05) is 3.57 Å². The van der Waals surface area contributed by atoms with Gasteiger partial charge in [-0.25, -0.2) is 0 Å². The van der Waals surface area contributed by atoms with Gasteiger partial charge in [0.1, 0.15) is 5.75 Å². The molecule has 2 nitrogen and oxygen atoms in total. The fraction of sp³-hybridized carbons (Fsp3) is 0.250. The number of aryl methyl sites for hydroxylation is 2. The Bertz CT molecular complexity index is 595. The summed E-state index contributed by atoms with van der Waals surface area (Å²) in [6, 6.07) is 12.3. The van der Waals surface area contributed by atoms with Crippen molar-refractivity contribution in [3.8, 4) is 5.75 Å². The molecule has 0 saturated carbocycles. The fourth-order valence-corrected chi connectivity index (χ4v) is 2.98. The third kappa shape index (κ3) is 2.92. The molecule has 1 atom stereocenters. The van der Waals surface area contributed by atoms with Crippen LogP contribution >= 0.6 is 22.6 Å². The van der Waals surface area contributed by atoms with E-state index in [9.17, 15) is 0 Å². The Morgan fingerprint density at radius 1 is 1.05 bits per heavy atom. The van der Waals surface area contributed by atoms with Crippen molar-refractivity contribution in [1.82, 2.24) is 0 Å². The monoisotopic (exact) mass is 367 g/mol. The molecule has 2 N–H and O–H groups in total. The van der Waals surface area contributed by atoms with E-state index >= 15 is 0 Å². The molecule has 0 aliphatic carbocycles. The molecule has 0 heterocycles. The van der Waals surface area contributed by atoms with Crippen LogP contribution in [0.5, 0.6) is 5.75 Å². The van der Waals surface area contributed by atoms with E-state index < -0.39 is 0 Å². The van der Waals surface area contributed by atoms with Crippen molar-refractivity contribution in [2.45, 2.75) is 19.9 Å². The van der Waals surface area contributed by atoms with Crippen molar-refractivity contribution < 1.29 is 4.74 Å². The van der Waals surface area contributed by atoms with E-state index in [1.165, 1.54) is 3.57 Å². The molecule has 3 heteroatoms. The Balaban J connectivity index is 2.48. The first-order valence-corrected chi connectivity index (χ1v) is 7.27. The molecule has 2 rings (SSSR count). The summed E-state index contributed by atoms with van der Waals surface area (Å²) in [5, 5.41) is 0. The zero-order chi connectivity index (χ0) is 14.0. The van der Waals surface area contributed by atoms with Crippen LogP contribution in [0.3, 0.4) is 0 Å². The highest BCUT2D eigenvalue weighted by atomic mass is 127. The summed E-state index contributed by atoms with van der Waals surface area (Å²) in [5.74, 6) is 0.913. The van der Waals surface area contributed by atoms with Crippen molar-refractivity contribution in [3.05, 3.63) is 62.2 Å². The summed E-state index contributed by atoms with van der Waals surface area (Å²) in [5.41, 5.74) is 11.0. The number of benzene rings is 2. The highest BCUT2D eigenvalue weighted by Gasteiger charge is 2.15. The van der Waals surface area contributed by atoms with E-state index in [0.717, 1.165) is 28.0 Å². The molecule has 0 spiro atoms. The second kappa shape index (κ2) is 5.92. The summed E-state index contributed by atoms with van der Waals surface area (Å²) in [6.45, 7) is 4.12. The van der Waals surface area contributed by atoms with Crippen LogP contribution in [0, 0.1) is 17.4 Å². The molecular weight excluding hydrogens is 349 g/mol. The van der Waals surface area contributed by atoms with Crippen molar-refractivity contribution in [1.29, 1.82) is 0 Å². The lowest BCUT2D eigenvalue weighted by molar-refractivity contribution is 0.411. The van der Waals surface area contributed by atoms with Crippen LogP contribution in [-0.4, -0.2) is 7.11 Å². The van der Waals surface area contributed by atoms with Crippen LogP contribution < -0.4 is 10.5 Å². The lowest BCUT2D eigenvalue weighted by Gasteiger charge is -2.18. The minimum Gasteiger partial charge on any atom is -0.496 e. The maximum atomic E-state index is 6.43. The lowest BCUT2D eigenvalue weighted by Crippen LogP contribution is -2.15. The molecule has 0 bridgehead atoms. The second-order valence-electron chi connectivity index (χ2n) is 4.68. The minimum absolute atomic E-state index is 0.0993. The summed E-state index contributed by atoms with van der Waals surface area (Å²) >= 11 is 2.33. The third-order valence-electron chi connectivity index (χ3n) is 3.36. The molecule has 0 aliphatic heterocycles. The van der Waals surface area contributed by atoms with E-state index in [-0.39, 0.29) is 6.04 Å². The van der Waals surface area contributed by atoms with Gasteiger partial charge in [0.05, 0.1) is 13.2 Å². The Morgan fingerprint density at radius 3 is 2.37 bits per heavy atom. The highest BCUT2D eigenvalue weighted by Crippen LogP contribution is 2.30. The van der Waals surface area contributed by atoms with Crippen LogP contribution in [0.15, 0.2) is 36.4 Å². The molecule has 0 aromatic heterocycles. The molecule has 0 radical (unpaired) electrons. The summed E-state index contributed by atoms with van der Waals surface area (Å²) in [7, 11) is 1.70. The molecular formula is C16H18INO. The first kappa shape index (κ1) is 14.3. The number of methoxy groups -OCH3 is 1. The SMILES string of the molecule is COc1cc(C)c(C(N)c2ccccc2I)cc1C. The number of hydrogen-bond donors (Lipinski definition) is 1. The average molecular weight is 367 g/mol. The largest absolute Gasteiger partial charge is 0.496 e. The number of rotatable bonds is 3. The predicted octanol–water partition coefficient (Wildman–Crippen LogP) is 3.96. The summed E-state index contributed by atoms with van der Waals surface area (Å²) in [6.07, 6.45) is 0. The number of nitrogens with two attached hydrogens (primary N) is 1. The predicted molar refractivity (Wildman–Crippen MR) is 87.7 cm³/mol. The third-order valence-corrected chi connectivity index (χ3v) is 4.34. The molecule has 2 aromatic carbocycles. The van der Waals surface area contributed by atoms with E-state index in [1.54, 1.807) is 7.11 Å². The van der Waals surface area contributed by atoms with E-state index in [1.807, 2.05) is 19.1 Å². The summed E-state index contributed by atoms with van der Waals surface area (Å²) < 4.78 is 6.54. The maximum absolute atomic E-state index is 6.43. The molecule has 0 saturated heterocycles. The Morgan fingerprint density at radius 2 is 1.74 bits per heavy atom. The van der Waals surface area contributed by atoms with Crippen LogP contribution in [0.2, 0.25) is 0 Å². The fourth-order valence-electron chi connectivity index (χ4n) is 2.26. The van der Waals surface area contributed by atoms with Gasteiger partial charge >= 0.3 is 0 Å². The normalized spacial score (nSPS) is 12.3. The van der Waals surface area contributed by atoms with Crippen molar-refractivity contribution >= 4 is 22.6 Å². The van der Waals surface area contributed by atoms with Crippen LogP contribution in [-0.2, 0) is 0 Å². The van der Waals surface area contributed by atoms with Crippen molar-refractivity contribution in [2.24, 2.45) is 5.73 Å². The van der Waals surface area contributed by atoms with Crippen molar-refractivity contribution in [2.75, 3.05) is 7.11 Å². The van der Waals surface area contributed by atoms with E-state index in [4.69, 9.17) is 10.5 Å². The molecule has 0 fully saturated rings. The molecule has 2 aromatic rings. The van der Waals surface area contributed by atoms with Crippen LogP contribution in [0.25, 0.3) is 0 Å². The quantitative estimate of drug-likeness (QED) is 0.834. The zero-order valence-corrected chi connectivity index (χ0v) is 13.6. The van der Waals surface area contributed by atoms with Gasteiger partial charge in [-0.05, 0) is 70.8 Å². The van der Waals surface area contributed by atoms with Gasteiger partial charge in [-0.3, -0.25) is 0 Å². The molecule has 0 amide bonds. The number of ether oxygens (including phenoxy) is 1. The lowest BCUT2D eigenvalue weighted by atomic mass is 9.94. The first-order chi connectivity index (χ1) is 9.04. The zero-order valence-electron chi connectivity index (χ0n) is 11.4. The summed E-state index contributed by atoms with van der Waals surface area (Å²) in [4.78, 5) is 0.